The highest BCUT2D eigenvalue weighted by atomic mass is 127. The van der Waals surface area contributed by atoms with Crippen molar-refractivity contribution < 1.29 is 22.4 Å². The number of benzene rings is 2. The van der Waals surface area contributed by atoms with Crippen LogP contribution in [0.25, 0.3) is 10.9 Å². The molecule has 0 aliphatic carbocycles. The van der Waals surface area contributed by atoms with Crippen LogP contribution in [0.4, 0.5) is 23.2 Å². The Bertz CT molecular complexity index is 1140. The van der Waals surface area contributed by atoms with E-state index >= 15 is 0 Å². The third-order valence-corrected chi connectivity index (χ3v) is 5.00. The molecule has 4 nitrogen and oxygen atoms in total. The lowest BCUT2D eigenvalue weighted by molar-refractivity contribution is -0.136. The van der Waals surface area contributed by atoms with Crippen molar-refractivity contribution in [2.24, 2.45) is 0 Å². The zero-order chi connectivity index (χ0) is 21.3. The number of fused-ring (bicyclic) bond motifs is 1. The summed E-state index contributed by atoms with van der Waals surface area (Å²) in [5, 5.41) is 3.05. The number of alkyl halides is 3. The number of aromatic amines is 1. The quantitative estimate of drug-likeness (QED) is 0.279. The number of halogens is 5. The van der Waals surface area contributed by atoms with Gasteiger partial charge in [-0.1, -0.05) is 12.1 Å². The molecule has 0 amide bonds. The van der Waals surface area contributed by atoms with E-state index in [1.165, 1.54) is 25.1 Å². The first kappa shape index (κ1) is 21.3. The lowest BCUT2D eigenvalue weighted by atomic mass is 10.0. The van der Waals surface area contributed by atoms with E-state index in [1.54, 1.807) is 34.7 Å². The molecule has 152 valence electrons. The van der Waals surface area contributed by atoms with Crippen molar-refractivity contribution in [3.63, 3.8) is 0 Å². The number of Topliss-reactive ketones (excluding diaryl/α,β-unsaturated/α-hetero) is 1. The van der Waals surface area contributed by atoms with Crippen LogP contribution in [0.15, 0.2) is 41.2 Å². The van der Waals surface area contributed by atoms with Gasteiger partial charge in [-0.25, -0.2) is 4.39 Å². The zero-order valence-electron chi connectivity index (χ0n) is 15.1. The molecule has 0 aliphatic heterocycles. The number of carbonyl (C=O) groups is 1. The molecule has 0 saturated carbocycles. The van der Waals surface area contributed by atoms with Crippen molar-refractivity contribution in [3.8, 4) is 0 Å². The fraction of sp³-hybridized carbons (Fsp3) is 0.200. The molecule has 2 aromatic carbocycles. The summed E-state index contributed by atoms with van der Waals surface area (Å²) in [5.41, 5.74) is -1.62. The number of nitrogens with one attached hydrogen (secondary N) is 2. The number of anilines is 1. The monoisotopic (exact) mass is 518 g/mol. The van der Waals surface area contributed by atoms with Gasteiger partial charge < -0.3 is 10.3 Å². The van der Waals surface area contributed by atoms with Gasteiger partial charge in [-0.05, 0) is 65.8 Å². The van der Waals surface area contributed by atoms with Gasteiger partial charge in [0.25, 0.3) is 5.56 Å². The minimum absolute atomic E-state index is 0.0578. The molecule has 0 fully saturated rings. The van der Waals surface area contributed by atoms with Crippen molar-refractivity contribution in [3.05, 3.63) is 72.8 Å². The minimum atomic E-state index is -4.68. The number of pyridine rings is 1. The van der Waals surface area contributed by atoms with Crippen LogP contribution >= 0.6 is 22.6 Å². The summed E-state index contributed by atoms with van der Waals surface area (Å²) >= 11 is 1.76. The number of aromatic nitrogens is 1. The van der Waals surface area contributed by atoms with Gasteiger partial charge in [-0.2, -0.15) is 13.2 Å². The molecule has 0 bridgehead atoms. The standard InChI is InChI=1S/C20H15F4IN2O2/c1-10(28)16-18(26-7-6-11-2-4-12(21)5-3-11)14-8-13(25)9-15(20(22,23)24)17(14)27-19(16)29/h2-5,8-9H,6-7H2,1H3,(H2,26,27,29). The SMILES string of the molecule is CC(=O)c1c(NCCc2ccc(F)cc2)c2cc(I)cc(C(F)(F)F)c2[nH]c1=O. The number of carbonyl (C=O) groups excluding carboxylic acids is 1. The van der Waals surface area contributed by atoms with Crippen molar-refractivity contribution in [2.75, 3.05) is 11.9 Å². The van der Waals surface area contributed by atoms with E-state index in [0.29, 0.717) is 9.99 Å². The van der Waals surface area contributed by atoms with Gasteiger partial charge >= 0.3 is 6.18 Å². The number of ketones is 1. The van der Waals surface area contributed by atoms with Gasteiger partial charge in [0.15, 0.2) is 5.78 Å². The van der Waals surface area contributed by atoms with E-state index in [0.717, 1.165) is 11.6 Å². The molecule has 0 radical (unpaired) electrons. The average Bonchev–Trinajstić information content (AvgIpc) is 2.62. The fourth-order valence-electron chi connectivity index (χ4n) is 3.09. The second kappa shape index (κ2) is 8.13. The topological polar surface area (TPSA) is 62.0 Å². The number of hydrogen-bond acceptors (Lipinski definition) is 3. The molecule has 3 rings (SSSR count). The summed E-state index contributed by atoms with van der Waals surface area (Å²) in [6.07, 6.45) is -4.26. The maximum atomic E-state index is 13.5. The molecule has 1 aromatic heterocycles. The summed E-state index contributed by atoms with van der Waals surface area (Å²) < 4.78 is 53.8. The lowest BCUT2D eigenvalue weighted by Gasteiger charge is -2.17. The van der Waals surface area contributed by atoms with Crippen molar-refractivity contribution in [1.82, 2.24) is 4.98 Å². The summed E-state index contributed by atoms with van der Waals surface area (Å²) in [6, 6.07) is 8.20. The van der Waals surface area contributed by atoms with Crippen molar-refractivity contribution >= 4 is 45.0 Å². The molecule has 0 spiro atoms. The summed E-state index contributed by atoms with van der Waals surface area (Å²) in [5.74, 6) is -0.944. The zero-order valence-corrected chi connectivity index (χ0v) is 17.2. The Balaban J connectivity index is 2.11. The second-order valence-corrected chi connectivity index (χ2v) is 7.68. The van der Waals surface area contributed by atoms with E-state index in [-0.39, 0.29) is 34.5 Å². The predicted octanol–water partition coefficient (Wildman–Crippen LogP) is 5.15. The van der Waals surface area contributed by atoms with Crippen LogP contribution in [0, 0.1) is 9.39 Å². The second-order valence-electron chi connectivity index (χ2n) is 6.44. The first-order chi connectivity index (χ1) is 13.6. The molecule has 9 heteroatoms. The maximum Gasteiger partial charge on any atom is 0.418 e. The highest BCUT2D eigenvalue weighted by Gasteiger charge is 2.34. The Kier molecular flexibility index (Phi) is 5.97. The van der Waals surface area contributed by atoms with Crippen LogP contribution < -0.4 is 10.9 Å². The molecule has 3 aromatic rings. The van der Waals surface area contributed by atoms with E-state index in [1.807, 2.05) is 0 Å². The normalized spacial score (nSPS) is 11.7. The number of H-pyrrole nitrogens is 1. The molecule has 29 heavy (non-hydrogen) atoms. The van der Waals surface area contributed by atoms with Crippen molar-refractivity contribution in [2.45, 2.75) is 19.5 Å². The van der Waals surface area contributed by atoms with Gasteiger partial charge in [0.2, 0.25) is 0 Å². The largest absolute Gasteiger partial charge is 0.418 e. The highest BCUT2D eigenvalue weighted by molar-refractivity contribution is 14.1. The molecule has 2 N–H and O–H groups in total. The maximum absolute atomic E-state index is 13.5. The lowest BCUT2D eigenvalue weighted by Crippen LogP contribution is -2.22. The van der Waals surface area contributed by atoms with Crippen LogP contribution in [0.3, 0.4) is 0 Å². The van der Waals surface area contributed by atoms with Crippen LogP contribution in [0.1, 0.15) is 28.4 Å². The van der Waals surface area contributed by atoms with Crippen LogP contribution in [0.2, 0.25) is 0 Å². The third kappa shape index (κ3) is 4.60. The van der Waals surface area contributed by atoms with Gasteiger partial charge in [0.1, 0.15) is 11.4 Å². The Morgan fingerprint density at radius 2 is 1.83 bits per heavy atom. The summed E-state index contributed by atoms with van der Waals surface area (Å²) in [6.45, 7) is 1.41. The smallest absolute Gasteiger partial charge is 0.383 e. The van der Waals surface area contributed by atoms with Crippen LogP contribution in [0.5, 0.6) is 0 Å². The highest BCUT2D eigenvalue weighted by Crippen LogP contribution is 2.37. The van der Waals surface area contributed by atoms with Crippen molar-refractivity contribution in [1.29, 1.82) is 0 Å². The first-order valence-corrected chi connectivity index (χ1v) is 9.62. The Morgan fingerprint density at radius 3 is 2.41 bits per heavy atom. The average molecular weight is 518 g/mol. The first-order valence-electron chi connectivity index (χ1n) is 8.54. The number of rotatable bonds is 5. The van der Waals surface area contributed by atoms with E-state index in [2.05, 4.69) is 10.3 Å². The number of hydrogen-bond donors (Lipinski definition) is 2. The summed E-state index contributed by atoms with van der Waals surface area (Å²) in [7, 11) is 0. The summed E-state index contributed by atoms with van der Waals surface area (Å²) in [4.78, 5) is 26.7. The molecule has 0 atom stereocenters. The minimum Gasteiger partial charge on any atom is -0.383 e. The van der Waals surface area contributed by atoms with Gasteiger partial charge in [-0.3, -0.25) is 9.59 Å². The Labute approximate surface area is 176 Å². The molecular weight excluding hydrogens is 503 g/mol. The van der Waals surface area contributed by atoms with E-state index in [4.69, 9.17) is 0 Å². The van der Waals surface area contributed by atoms with E-state index < -0.39 is 23.1 Å². The van der Waals surface area contributed by atoms with E-state index in [9.17, 15) is 27.2 Å². The fourth-order valence-corrected chi connectivity index (χ4v) is 3.71. The van der Waals surface area contributed by atoms with Gasteiger partial charge in [0.05, 0.1) is 16.8 Å². The Hall–Kier alpha value is -2.43. The van der Waals surface area contributed by atoms with Crippen LogP contribution in [-0.4, -0.2) is 17.3 Å². The molecular formula is C20H15F4IN2O2. The molecule has 0 unspecified atom stereocenters. The third-order valence-electron chi connectivity index (χ3n) is 4.37. The Morgan fingerprint density at radius 1 is 1.17 bits per heavy atom. The molecule has 0 aliphatic rings. The predicted molar refractivity (Wildman–Crippen MR) is 111 cm³/mol. The molecule has 0 saturated heterocycles. The van der Waals surface area contributed by atoms with Gasteiger partial charge in [-0.15, -0.1) is 0 Å². The van der Waals surface area contributed by atoms with Gasteiger partial charge in [0, 0.05) is 15.5 Å². The van der Waals surface area contributed by atoms with Crippen LogP contribution in [-0.2, 0) is 12.6 Å². The molecule has 1 heterocycles.